The van der Waals surface area contributed by atoms with Crippen molar-refractivity contribution in [2.24, 2.45) is 11.8 Å². The largest absolute Gasteiger partial charge is 0.462 e. The van der Waals surface area contributed by atoms with Crippen LogP contribution in [0.4, 0.5) is 5.69 Å². The zero-order valence-electron chi connectivity index (χ0n) is 13.8. The lowest BCUT2D eigenvalue weighted by Crippen LogP contribution is -2.43. The van der Waals surface area contributed by atoms with Crippen LogP contribution in [0.1, 0.15) is 17.3 Å². The summed E-state index contributed by atoms with van der Waals surface area (Å²) in [6.45, 7) is 1.46. The Kier molecular flexibility index (Phi) is 3.91. The monoisotopic (exact) mass is 377 g/mol. The second-order valence-corrected chi connectivity index (χ2v) is 6.86. The van der Waals surface area contributed by atoms with E-state index >= 15 is 0 Å². The van der Waals surface area contributed by atoms with Gasteiger partial charge in [0, 0.05) is 0 Å². The van der Waals surface area contributed by atoms with E-state index in [1.807, 2.05) is 0 Å². The lowest BCUT2D eigenvalue weighted by molar-refractivity contribution is -0.128. The van der Waals surface area contributed by atoms with Crippen molar-refractivity contribution < 1.29 is 29.0 Å². The molecule has 1 N–H and O–H groups in total. The lowest BCUT2D eigenvalue weighted by Gasteiger charge is -2.26. The molecule has 2 fully saturated rings. The molecule has 2 amide bonds. The molecule has 0 aromatic heterocycles. The molecule has 3 aliphatic heterocycles. The number of hydrogen-bond acceptors (Lipinski definition) is 6. The van der Waals surface area contributed by atoms with Crippen LogP contribution < -0.4 is 4.90 Å². The zero-order chi connectivity index (χ0) is 18.6. The maximum absolute atomic E-state index is 13.0. The topological polar surface area (TPSA) is 93.1 Å². The second-order valence-electron chi connectivity index (χ2n) is 6.45. The van der Waals surface area contributed by atoms with Gasteiger partial charge in [0.2, 0.25) is 11.8 Å². The normalized spacial score (nSPS) is 31.7. The fraction of sp³-hybridized carbons (Fsp3) is 0.389. The third-order valence-corrected chi connectivity index (χ3v) is 5.44. The molecule has 8 heteroatoms. The van der Waals surface area contributed by atoms with Crippen molar-refractivity contribution in [3.05, 3.63) is 40.9 Å². The highest BCUT2D eigenvalue weighted by molar-refractivity contribution is 6.34. The number of nitrogens with zero attached hydrogens (tertiary/aromatic N) is 1. The van der Waals surface area contributed by atoms with Gasteiger partial charge in [-0.15, -0.1) is 0 Å². The van der Waals surface area contributed by atoms with Gasteiger partial charge in [-0.2, -0.15) is 0 Å². The van der Waals surface area contributed by atoms with Gasteiger partial charge < -0.3 is 14.6 Å². The number of anilines is 1. The minimum Gasteiger partial charge on any atom is -0.462 e. The van der Waals surface area contributed by atoms with Crippen LogP contribution in [0, 0.1) is 11.8 Å². The van der Waals surface area contributed by atoms with Crippen molar-refractivity contribution in [1.29, 1.82) is 0 Å². The summed E-state index contributed by atoms with van der Waals surface area (Å²) >= 11 is 6.05. The fourth-order valence-electron chi connectivity index (χ4n) is 3.96. The highest BCUT2D eigenvalue weighted by Gasteiger charge is 2.67. The van der Waals surface area contributed by atoms with Gasteiger partial charge >= 0.3 is 5.97 Å². The first-order valence-corrected chi connectivity index (χ1v) is 8.64. The number of ether oxygens (including phenoxy) is 2. The van der Waals surface area contributed by atoms with Crippen LogP contribution in [0.25, 0.3) is 0 Å². The van der Waals surface area contributed by atoms with E-state index in [2.05, 4.69) is 0 Å². The molecule has 4 rings (SSSR count). The third-order valence-electron chi connectivity index (χ3n) is 5.11. The van der Waals surface area contributed by atoms with E-state index in [1.54, 1.807) is 19.1 Å². The number of esters is 1. The number of halogens is 1. The molecule has 0 saturated carbocycles. The summed E-state index contributed by atoms with van der Waals surface area (Å²) in [6.07, 6.45) is 2.82. The molecule has 0 aliphatic carbocycles. The molecule has 1 aromatic rings. The lowest BCUT2D eigenvalue weighted by atomic mass is 9.77. The quantitative estimate of drug-likeness (QED) is 0.483. The molecule has 0 radical (unpaired) electrons. The number of aliphatic hydroxyl groups is 1. The first-order chi connectivity index (χ1) is 12.4. The van der Waals surface area contributed by atoms with Crippen LogP contribution in [-0.4, -0.2) is 47.8 Å². The summed E-state index contributed by atoms with van der Waals surface area (Å²) in [7, 11) is 0. The maximum atomic E-state index is 13.0. The Morgan fingerprint density at radius 3 is 2.85 bits per heavy atom. The van der Waals surface area contributed by atoms with Gasteiger partial charge in [-0.05, 0) is 25.1 Å². The molecular formula is C18H16ClNO6. The second kappa shape index (κ2) is 5.90. The number of imide groups is 1. The van der Waals surface area contributed by atoms with Crippen LogP contribution in [0.3, 0.4) is 0 Å². The number of hydrogen-bond donors (Lipinski definition) is 1. The molecule has 1 aromatic carbocycles. The van der Waals surface area contributed by atoms with E-state index in [1.165, 1.54) is 18.2 Å². The van der Waals surface area contributed by atoms with Crippen LogP contribution in [0.15, 0.2) is 30.4 Å². The number of rotatable bonds is 4. The van der Waals surface area contributed by atoms with Gasteiger partial charge in [0.05, 0.1) is 47.4 Å². The molecule has 7 nitrogen and oxygen atoms in total. The molecule has 136 valence electrons. The third kappa shape index (κ3) is 2.17. The van der Waals surface area contributed by atoms with E-state index in [9.17, 15) is 19.5 Å². The number of aliphatic hydroxyl groups excluding tert-OH is 1. The number of benzene rings is 1. The molecule has 3 heterocycles. The Bertz CT molecular complexity index is 852. The Balaban J connectivity index is 1.72. The minimum atomic E-state index is -1.16. The molecule has 2 bridgehead atoms. The Morgan fingerprint density at radius 1 is 1.38 bits per heavy atom. The number of carbonyl (C=O) groups excluding carboxylic acids is 3. The molecule has 26 heavy (non-hydrogen) atoms. The van der Waals surface area contributed by atoms with Crippen molar-refractivity contribution in [1.82, 2.24) is 0 Å². The first kappa shape index (κ1) is 17.2. The fourth-order valence-corrected chi connectivity index (χ4v) is 4.15. The van der Waals surface area contributed by atoms with Gasteiger partial charge in [-0.3, -0.25) is 9.59 Å². The summed E-state index contributed by atoms with van der Waals surface area (Å²) in [4.78, 5) is 39.0. The summed E-state index contributed by atoms with van der Waals surface area (Å²) in [6, 6.07) is 4.33. The van der Waals surface area contributed by atoms with E-state index < -0.39 is 41.3 Å². The van der Waals surface area contributed by atoms with Crippen molar-refractivity contribution in [3.63, 3.8) is 0 Å². The summed E-state index contributed by atoms with van der Waals surface area (Å²) in [5.41, 5.74) is -0.833. The summed E-state index contributed by atoms with van der Waals surface area (Å²) in [5, 5.41) is 9.90. The predicted molar refractivity (Wildman–Crippen MR) is 90.7 cm³/mol. The maximum Gasteiger partial charge on any atom is 0.339 e. The van der Waals surface area contributed by atoms with E-state index in [0.717, 1.165) is 4.90 Å². The van der Waals surface area contributed by atoms with Gasteiger partial charge in [0.1, 0.15) is 5.60 Å². The van der Waals surface area contributed by atoms with Crippen LogP contribution >= 0.6 is 11.6 Å². The SMILES string of the molecule is CCOC(=O)c1cc(N2C(=O)[C@H]3[C@@H](C2=O)[C@@]2(CO)C=C[C@H]3O2)ccc1Cl. The molecule has 0 spiro atoms. The van der Waals surface area contributed by atoms with Crippen LogP contribution in [0.2, 0.25) is 5.02 Å². The van der Waals surface area contributed by atoms with Crippen molar-refractivity contribution >= 4 is 35.1 Å². The first-order valence-electron chi connectivity index (χ1n) is 8.26. The highest BCUT2D eigenvalue weighted by Crippen LogP contribution is 2.52. The van der Waals surface area contributed by atoms with Crippen molar-refractivity contribution in [2.75, 3.05) is 18.1 Å². The van der Waals surface area contributed by atoms with Crippen molar-refractivity contribution in [2.45, 2.75) is 18.6 Å². The van der Waals surface area contributed by atoms with E-state index in [0.29, 0.717) is 0 Å². The van der Waals surface area contributed by atoms with Gasteiger partial charge in [0.25, 0.3) is 0 Å². The molecule has 2 saturated heterocycles. The van der Waals surface area contributed by atoms with Crippen LogP contribution in [0.5, 0.6) is 0 Å². The van der Waals surface area contributed by atoms with Crippen LogP contribution in [-0.2, 0) is 19.1 Å². The molecule has 3 aliphatic rings. The summed E-state index contributed by atoms with van der Waals surface area (Å²) in [5.74, 6) is -2.96. The Hall–Kier alpha value is -2.22. The zero-order valence-corrected chi connectivity index (χ0v) is 14.6. The average molecular weight is 378 g/mol. The number of carbonyl (C=O) groups is 3. The molecule has 0 unspecified atom stereocenters. The van der Waals surface area contributed by atoms with Gasteiger partial charge in [-0.1, -0.05) is 23.8 Å². The number of amides is 2. The number of fused-ring (bicyclic) bond motifs is 5. The Morgan fingerprint density at radius 2 is 2.15 bits per heavy atom. The molecule has 4 atom stereocenters. The highest BCUT2D eigenvalue weighted by atomic mass is 35.5. The smallest absolute Gasteiger partial charge is 0.339 e. The van der Waals surface area contributed by atoms with E-state index in [4.69, 9.17) is 21.1 Å². The average Bonchev–Trinajstić information content (AvgIpc) is 3.27. The molecular weight excluding hydrogens is 362 g/mol. The minimum absolute atomic E-state index is 0.0814. The summed E-state index contributed by atoms with van der Waals surface area (Å²) < 4.78 is 10.6. The van der Waals surface area contributed by atoms with Gasteiger partial charge in [0.15, 0.2) is 0 Å². The van der Waals surface area contributed by atoms with E-state index in [-0.39, 0.29) is 29.5 Å². The predicted octanol–water partition coefficient (Wildman–Crippen LogP) is 1.32. The standard InChI is InChI=1S/C18H16ClNO6/c1-2-25-17(24)10-7-9(3-4-11(10)19)20-15(22)13-12-5-6-18(8-21,26-12)14(13)16(20)23/h3-7,12-14,21H,2,8H2,1H3/t12-,13-,14+,18+/m1/s1. The van der Waals surface area contributed by atoms with Crippen molar-refractivity contribution in [3.8, 4) is 0 Å². The Labute approximate surface area is 154 Å². The van der Waals surface area contributed by atoms with Gasteiger partial charge in [-0.25, -0.2) is 9.69 Å².